The molecule has 2 aromatic heterocycles. The second kappa shape index (κ2) is 8.93. The quantitative estimate of drug-likeness (QED) is 0.368. The number of halogens is 1. The molecule has 2 aromatic carbocycles. The van der Waals surface area contributed by atoms with Gasteiger partial charge in [-0.1, -0.05) is 35.9 Å². The largest absolute Gasteiger partial charge is 0.488 e. The number of rotatable bonds is 6. The monoisotopic (exact) mass is 434 g/mol. The number of fused-ring (bicyclic) bond motifs is 1. The van der Waals surface area contributed by atoms with E-state index < -0.39 is 5.91 Å². The first-order valence-electron chi connectivity index (χ1n) is 9.50. The molecular formula is C22H19ClN6O2. The van der Waals surface area contributed by atoms with E-state index in [-0.39, 0.29) is 5.82 Å². The van der Waals surface area contributed by atoms with E-state index >= 15 is 0 Å². The minimum atomic E-state index is -0.529. The highest BCUT2D eigenvalue weighted by Gasteiger charge is 2.14. The van der Waals surface area contributed by atoms with Gasteiger partial charge in [-0.15, -0.1) is 5.10 Å². The fourth-order valence-corrected chi connectivity index (χ4v) is 3.06. The standard InChI is InChI=1S/C22H19ClN6O2/c1-14-11-15(2)29-22(25-14)26-20(28-29)21(30)27-24-12-17-5-3-4-6-19(17)31-13-16-7-9-18(23)10-8-16/h3-12H,13H2,1-2H3,(H,27,30)/b24-12+. The van der Waals surface area contributed by atoms with Gasteiger partial charge < -0.3 is 4.74 Å². The zero-order valence-corrected chi connectivity index (χ0v) is 17.7. The van der Waals surface area contributed by atoms with Gasteiger partial charge in [-0.3, -0.25) is 4.79 Å². The molecule has 8 nitrogen and oxygen atoms in total. The minimum absolute atomic E-state index is 0.00868. The second-order valence-corrected chi connectivity index (χ2v) is 7.27. The third-order valence-electron chi connectivity index (χ3n) is 4.42. The highest BCUT2D eigenvalue weighted by molar-refractivity contribution is 6.30. The van der Waals surface area contributed by atoms with Crippen LogP contribution in [0.1, 0.15) is 33.1 Å². The third-order valence-corrected chi connectivity index (χ3v) is 4.67. The maximum Gasteiger partial charge on any atom is 0.311 e. The lowest BCUT2D eigenvalue weighted by molar-refractivity contribution is 0.0945. The number of para-hydroxylation sites is 1. The number of benzene rings is 2. The Bertz CT molecular complexity index is 1270. The summed E-state index contributed by atoms with van der Waals surface area (Å²) in [7, 11) is 0. The van der Waals surface area contributed by atoms with E-state index in [1.54, 1.807) is 0 Å². The van der Waals surface area contributed by atoms with Crippen molar-refractivity contribution in [2.24, 2.45) is 5.10 Å². The number of amides is 1. The number of aryl methyl sites for hydroxylation is 2. The van der Waals surface area contributed by atoms with Crippen LogP contribution in [0.5, 0.6) is 5.75 Å². The number of hydrogen-bond donors (Lipinski definition) is 1. The van der Waals surface area contributed by atoms with Crippen molar-refractivity contribution >= 4 is 29.5 Å². The maximum absolute atomic E-state index is 12.4. The third kappa shape index (κ3) is 4.87. The minimum Gasteiger partial charge on any atom is -0.488 e. The van der Waals surface area contributed by atoms with Gasteiger partial charge in [0.15, 0.2) is 0 Å². The van der Waals surface area contributed by atoms with Crippen molar-refractivity contribution < 1.29 is 9.53 Å². The van der Waals surface area contributed by atoms with Crippen LogP contribution in [0, 0.1) is 13.8 Å². The molecule has 0 bridgehead atoms. The average molecular weight is 435 g/mol. The van der Waals surface area contributed by atoms with Crippen LogP contribution >= 0.6 is 11.6 Å². The Morgan fingerprint density at radius 1 is 1.16 bits per heavy atom. The van der Waals surface area contributed by atoms with Gasteiger partial charge in [-0.25, -0.2) is 14.9 Å². The van der Waals surface area contributed by atoms with E-state index in [2.05, 4.69) is 25.6 Å². The van der Waals surface area contributed by atoms with Crippen LogP contribution in [-0.2, 0) is 6.61 Å². The van der Waals surface area contributed by atoms with E-state index in [1.807, 2.05) is 68.4 Å². The van der Waals surface area contributed by atoms with Gasteiger partial charge in [0.2, 0.25) is 5.82 Å². The van der Waals surface area contributed by atoms with Crippen molar-refractivity contribution in [2.75, 3.05) is 0 Å². The van der Waals surface area contributed by atoms with Crippen LogP contribution in [0.3, 0.4) is 0 Å². The Balaban J connectivity index is 1.43. The van der Waals surface area contributed by atoms with Gasteiger partial charge >= 0.3 is 5.91 Å². The van der Waals surface area contributed by atoms with Crippen LogP contribution in [0.15, 0.2) is 59.7 Å². The molecule has 0 atom stereocenters. The van der Waals surface area contributed by atoms with E-state index in [1.165, 1.54) is 10.7 Å². The lowest BCUT2D eigenvalue weighted by Gasteiger charge is -2.09. The molecule has 0 spiro atoms. The van der Waals surface area contributed by atoms with Crippen molar-refractivity contribution in [3.63, 3.8) is 0 Å². The molecule has 0 unspecified atom stereocenters. The molecule has 4 rings (SSSR count). The van der Waals surface area contributed by atoms with Gasteiger partial charge in [-0.05, 0) is 49.7 Å². The number of nitrogens with one attached hydrogen (secondary N) is 1. The molecule has 4 aromatic rings. The number of aromatic nitrogens is 4. The zero-order chi connectivity index (χ0) is 21.8. The van der Waals surface area contributed by atoms with Crippen LogP contribution in [-0.4, -0.2) is 31.7 Å². The molecule has 0 fully saturated rings. The highest BCUT2D eigenvalue weighted by atomic mass is 35.5. The molecule has 0 saturated carbocycles. The zero-order valence-electron chi connectivity index (χ0n) is 16.9. The summed E-state index contributed by atoms with van der Waals surface area (Å²) in [6.07, 6.45) is 1.51. The van der Waals surface area contributed by atoms with Gasteiger partial charge in [0.1, 0.15) is 12.4 Å². The summed E-state index contributed by atoms with van der Waals surface area (Å²) in [5.74, 6) is 0.466. The fraction of sp³-hybridized carbons (Fsp3) is 0.136. The number of ether oxygens (including phenoxy) is 1. The summed E-state index contributed by atoms with van der Waals surface area (Å²) >= 11 is 5.91. The molecular weight excluding hydrogens is 416 g/mol. The van der Waals surface area contributed by atoms with Gasteiger partial charge in [-0.2, -0.15) is 10.1 Å². The second-order valence-electron chi connectivity index (χ2n) is 6.84. The molecule has 1 amide bonds. The summed E-state index contributed by atoms with van der Waals surface area (Å²) in [6.45, 7) is 4.11. The average Bonchev–Trinajstić information content (AvgIpc) is 3.19. The number of hydrogen-bond acceptors (Lipinski definition) is 6. The molecule has 156 valence electrons. The highest BCUT2D eigenvalue weighted by Crippen LogP contribution is 2.18. The Labute approximate surface area is 183 Å². The Morgan fingerprint density at radius 3 is 2.74 bits per heavy atom. The molecule has 1 N–H and O–H groups in total. The normalized spacial score (nSPS) is 11.2. The van der Waals surface area contributed by atoms with Gasteiger partial charge in [0, 0.05) is 22.0 Å². The molecule has 0 aliphatic heterocycles. The number of hydrazone groups is 1. The van der Waals surface area contributed by atoms with E-state index in [4.69, 9.17) is 16.3 Å². The van der Waals surface area contributed by atoms with Crippen molar-refractivity contribution in [3.8, 4) is 5.75 Å². The van der Waals surface area contributed by atoms with Crippen LogP contribution < -0.4 is 10.2 Å². The van der Waals surface area contributed by atoms with E-state index in [9.17, 15) is 4.79 Å². The van der Waals surface area contributed by atoms with Crippen molar-refractivity contribution in [3.05, 3.63) is 88.0 Å². The summed E-state index contributed by atoms with van der Waals surface area (Å²) in [5.41, 5.74) is 5.79. The topological polar surface area (TPSA) is 93.8 Å². The summed E-state index contributed by atoms with van der Waals surface area (Å²) in [4.78, 5) is 20.8. The maximum atomic E-state index is 12.4. The van der Waals surface area contributed by atoms with Gasteiger partial charge in [0.25, 0.3) is 5.78 Å². The predicted octanol–water partition coefficient (Wildman–Crippen LogP) is 3.74. The number of carbonyl (C=O) groups excluding carboxylic acids is 1. The first kappa shape index (κ1) is 20.5. The smallest absolute Gasteiger partial charge is 0.311 e. The molecule has 0 radical (unpaired) electrons. The van der Waals surface area contributed by atoms with Crippen LogP contribution in [0.4, 0.5) is 0 Å². The summed E-state index contributed by atoms with van der Waals surface area (Å²) in [5, 5.41) is 8.89. The predicted molar refractivity (Wildman–Crippen MR) is 118 cm³/mol. The molecule has 0 saturated heterocycles. The molecule has 2 heterocycles. The van der Waals surface area contributed by atoms with Crippen LogP contribution in [0.25, 0.3) is 5.78 Å². The van der Waals surface area contributed by atoms with E-state index in [0.717, 1.165) is 17.0 Å². The molecule has 31 heavy (non-hydrogen) atoms. The van der Waals surface area contributed by atoms with Crippen molar-refractivity contribution in [1.29, 1.82) is 0 Å². The summed E-state index contributed by atoms with van der Waals surface area (Å²) < 4.78 is 7.41. The van der Waals surface area contributed by atoms with Crippen molar-refractivity contribution in [2.45, 2.75) is 20.5 Å². The Morgan fingerprint density at radius 2 is 1.94 bits per heavy atom. The number of nitrogens with zero attached hydrogens (tertiary/aromatic N) is 5. The molecule has 0 aliphatic rings. The molecule has 9 heteroatoms. The van der Waals surface area contributed by atoms with Gasteiger partial charge in [0.05, 0.1) is 6.21 Å². The lowest BCUT2D eigenvalue weighted by atomic mass is 10.2. The van der Waals surface area contributed by atoms with E-state index in [0.29, 0.717) is 28.7 Å². The Kier molecular flexibility index (Phi) is 5.90. The Hall–Kier alpha value is -3.78. The number of carbonyl (C=O) groups is 1. The fourth-order valence-electron chi connectivity index (χ4n) is 2.93. The first-order valence-corrected chi connectivity index (χ1v) is 9.88. The first-order chi connectivity index (χ1) is 15.0. The summed E-state index contributed by atoms with van der Waals surface area (Å²) in [6, 6.07) is 16.7. The molecule has 0 aliphatic carbocycles. The lowest BCUT2D eigenvalue weighted by Crippen LogP contribution is -2.19. The SMILES string of the molecule is Cc1cc(C)n2nc(C(=O)N/N=C/c3ccccc3OCc3ccc(Cl)cc3)nc2n1. The van der Waals surface area contributed by atoms with Crippen LogP contribution in [0.2, 0.25) is 5.02 Å². The van der Waals surface area contributed by atoms with Crippen molar-refractivity contribution in [1.82, 2.24) is 25.0 Å².